The van der Waals surface area contributed by atoms with Gasteiger partial charge in [0, 0.05) is 37.9 Å². The molecular weight excluding hydrogens is 260 g/mol. The summed E-state index contributed by atoms with van der Waals surface area (Å²) >= 11 is 0. The van der Waals surface area contributed by atoms with Gasteiger partial charge in [-0.1, -0.05) is 6.07 Å². The lowest BCUT2D eigenvalue weighted by Crippen LogP contribution is -2.49. The first-order valence-electron chi connectivity index (χ1n) is 6.48. The SMILES string of the molecule is COc1cccc(N2CCN(C(=O)CC(=O)O)CC2)c1. The van der Waals surface area contributed by atoms with Gasteiger partial charge in [-0.25, -0.2) is 0 Å². The van der Waals surface area contributed by atoms with E-state index in [0.717, 1.165) is 11.4 Å². The first-order chi connectivity index (χ1) is 9.60. The van der Waals surface area contributed by atoms with Crippen LogP contribution < -0.4 is 9.64 Å². The first kappa shape index (κ1) is 14.2. The number of carbonyl (C=O) groups excluding carboxylic acids is 1. The number of carboxylic acid groups (broad SMARTS) is 1. The van der Waals surface area contributed by atoms with Crippen molar-refractivity contribution in [3.8, 4) is 5.75 Å². The van der Waals surface area contributed by atoms with Crippen LogP contribution in [0.15, 0.2) is 24.3 Å². The average molecular weight is 278 g/mol. The number of ether oxygens (including phenoxy) is 1. The highest BCUT2D eigenvalue weighted by Crippen LogP contribution is 2.22. The topological polar surface area (TPSA) is 70.1 Å². The van der Waals surface area contributed by atoms with Crippen LogP contribution in [-0.4, -0.2) is 55.2 Å². The lowest BCUT2D eigenvalue weighted by molar-refractivity contribution is -0.144. The predicted molar refractivity (Wildman–Crippen MR) is 74.0 cm³/mol. The highest BCUT2D eigenvalue weighted by molar-refractivity contribution is 5.93. The number of methoxy groups -OCH3 is 1. The zero-order valence-corrected chi connectivity index (χ0v) is 11.4. The van der Waals surface area contributed by atoms with Crippen molar-refractivity contribution in [2.24, 2.45) is 0 Å². The first-order valence-corrected chi connectivity index (χ1v) is 6.48. The summed E-state index contributed by atoms with van der Waals surface area (Å²) in [6, 6.07) is 7.76. The number of hydrogen-bond acceptors (Lipinski definition) is 4. The number of anilines is 1. The molecule has 6 nitrogen and oxygen atoms in total. The third-order valence-electron chi connectivity index (χ3n) is 3.35. The number of aliphatic carboxylic acids is 1. The standard InChI is InChI=1S/C14H18N2O4/c1-20-12-4-2-3-11(9-12)15-5-7-16(8-6-15)13(17)10-14(18)19/h2-4,9H,5-8,10H2,1H3,(H,18,19). The Morgan fingerprint density at radius 2 is 1.95 bits per heavy atom. The summed E-state index contributed by atoms with van der Waals surface area (Å²) < 4.78 is 5.19. The summed E-state index contributed by atoms with van der Waals surface area (Å²) in [6.07, 6.45) is -0.431. The summed E-state index contributed by atoms with van der Waals surface area (Å²) in [5.74, 6) is -0.597. The fourth-order valence-corrected chi connectivity index (χ4v) is 2.26. The Morgan fingerprint density at radius 3 is 2.55 bits per heavy atom. The number of amides is 1. The van der Waals surface area contributed by atoms with E-state index < -0.39 is 12.4 Å². The van der Waals surface area contributed by atoms with Crippen molar-refractivity contribution in [2.75, 3.05) is 38.2 Å². The van der Waals surface area contributed by atoms with Gasteiger partial charge < -0.3 is 19.6 Å². The largest absolute Gasteiger partial charge is 0.497 e. The molecule has 1 aliphatic rings. The van der Waals surface area contributed by atoms with Gasteiger partial charge in [-0.05, 0) is 12.1 Å². The Labute approximate surface area is 117 Å². The second-order valence-electron chi connectivity index (χ2n) is 4.64. The van der Waals surface area contributed by atoms with E-state index in [1.807, 2.05) is 24.3 Å². The van der Waals surface area contributed by atoms with Crippen LogP contribution in [0, 0.1) is 0 Å². The molecule has 1 N–H and O–H groups in total. The molecule has 0 aromatic heterocycles. The normalized spacial score (nSPS) is 15.1. The Kier molecular flexibility index (Phi) is 4.45. The molecule has 0 aliphatic carbocycles. The number of piperazine rings is 1. The van der Waals surface area contributed by atoms with Crippen molar-refractivity contribution in [3.05, 3.63) is 24.3 Å². The van der Waals surface area contributed by atoms with Crippen LogP contribution in [0.25, 0.3) is 0 Å². The van der Waals surface area contributed by atoms with E-state index in [-0.39, 0.29) is 5.91 Å². The zero-order valence-electron chi connectivity index (χ0n) is 11.4. The summed E-state index contributed by atoms with van der Waals surface area (Å²) in [4.78, 5) is 26.0. The number of carboxylic acids is 1. The Morgan fingerprint density at radius 1 is 1.25 bits per heavy atom. The van der Waals surface area contributed by atoms with Crippen LogP contribution in [-0.2, 0) is 9.59 Å². The third-order valence-corrected chi connectivity index (χ3v) is 3.35. The molecule has 108 valence electrons. The van der Waals surface area contributed by atoms with Gasteiger partial charge in [0.15, 0.2) is 0 Å². The number of benzene rings is 1. The molecule has 1 aromatic rings. The van der Waals surface area contributed by atoms with Crippen molar-refractivity contribution in [2.45, 2.75) is 6.42 Å². The van der Waals surface area contributed by atoms with Gasteiger partial charge >= 0.3 is 5.97 Å². The minimum Gasteiger partial charge on any atom is -0.497 e. The van der Waals surface area contributed by atoms with Crippen molar-refractivity contribution >= 4 is 17.6 Å². The summed E-state index contributed by atoms with van der Waals surface area (Å²) in [6.45, 7) is 2.48. The molecule has 0 spiro atoms. The molecule has 0 radical (unpaired) electrons. The second-order valence-corrected chi connectivity index (χ2v) is 4.64. The van der Waals surface area contributed by atoms with E-state index in [2.05, 4.69) is 4.90 Å². The predicted octanol–water partition coefficient (Wildman–Crippen LogP) is 0.818. The minimum absolute atomic E-state index is 0.317. The molecule has 1 heterocycles. The maximum atomic E-state index is 11.7. The second kappa shape index (κ2) is 6.27. The Balaban J connectivity index is 1.93. The van der Waals surface area contributed by atoms with Gasteiger partial charge in [0.1, 0.15) is 12.2 Å². The quantitative estimate of drug-likeness (QED) is 0.826. The van der Waals surface area contributed by atoms with E-state index in [1.54, 1.807) is 12.0 Å². The van der Waals surface area contributed by atoms with Crippen LogP contribution in [0.3, 0.4) is 0 Å². The Bertz CT molecular complexity index is 496. The number of carbonyl (C=O) groups is 2. The molecular formula is C14H18N2O4. The van der Waals surface area contributed by atoms with E-state index >= 15 is 0 Å². The lowest BCUT2D eigenvalue weighted by atomic mass is 10.2. The number of nitrogens with zero attached hydrogens (tertiary/aromatic N) is 2. The zero-order chi connectivity index (χ0) is 14.5. The number of hydrogen-bond donors (Lipinski definition) is 1. The molecule has 0 bridgehead atoms. The molecule has 0 atom stereocenters. The van der Waals surface area contributed by atoms with Crippen LogP contribution in [0.4, 0.5) is 5.69 Å². The highest BCUT2D eigenvalue weighted by atomic mass is 16.5. The van der Waals surface area contributed by atoms with Gasteiger partial charge in [-0.3, -0.25) is 9.59 Å². The smallest absolute Gasteiger partial charge is 0.312 e. The van der Waals surface area contributed by atoms with Crippen molar-refractivity contribution in [3.63, 3.8) is 0 Å². The average Bonchev–Trinajstić information content (AvgIpc) is 2.47. The highest BCUT2D eigenvalue weighted by Gasteiger charge is 2.22. The van der Waals surface area contributed by atoms with Gasteiger partial charge in [0.25, 0.3) is 0 Å². The van der Waals surface area contributed by atoms with Gasteiger partial charge in [-0.2, -0.15) is 0 Å². The van der Waals surface area contributed by atoms with Gasteiger partial charge in [0.05, 0.1) is 7.11 Å². The fourth-order valence-electron chi connectivity index (χ4n) is 2.26. The van der Waals surface area contributed by atoms with Crippen LogP contribution in [0.2, 0.25) is 0 Å². The van der Waals surface area contributed by atoms with Crippen molar-refractivity contribution < 1.29 is 19.4 Å². The molecule has 20 heavy (non-hydrogen) atoms. The Hall–Kier alpha value is -2.24. The van der Waals surface area contributed by atoms with Crippen LogP contribution in [0.5, 0.6) is 5.75 Å². The molecule has 0 unspecified atom stereocenters. The molecule has 1 fully saturated rings. The van der Waals surface area contributed by atoms with Crippen LogP contribution in [0.1, 0.15) is 6.42 Å². The molecule has 1 aromatic carbocycles. The summed E-state index contributed by atoms with van der Waals surface area (Å²) in [5.41, 5.74) is 1.05. The van der Waals surface area contributed by atoms with E-state index in [9.17, 15) is 9.59 Å². The maximum absolute atomic E-state index is 11.7. The van der Waals surface area contributed by atoms with Gasteiger partial charge in [-0.15, -0.1) is 0 Å². The fraction of sp³-hybridized carbons (Fsp3) is 0.429. The van der Waals surface area contributed by atoms with Crippen molar-refractivity contribution in [1.29, 1.82) is 0 Å². The monoisotopic (exact) mass is 278 g/mol. The van der Waals surface area contributed by atoms with Crippen molar-refractivity contribution in [1.82, 2.24) is 4.90 Å². The van der Waals surface area contributed by atoms with E-state index in [4.69, 9.17) is 9.84 Å². The molecule has 1 saturated heterocycles. The summed E-state index contributed by atoms with van der Waals surface area (Å²) in [5, 5.41) is 8.63. The molecule has 1 amide bonds. The van der Waals surface area contributed by atoms with E-state index in [0.29, 0.717) is 26.2 Å². The summed E-state index contributed by atoms with van der Waals surface area (Å²) in [7, 11) is 1.63. The minimum atomic E-state index is -1.08. The van der Waals surface area contributed by atoms with Gasteiger partial charge in [0.2, 0.25) is 5.91 Å². The molecule has 2 rings (SSSR count). The maximum Gasteiger partial charge on any atom is 0.312 e. The molecule has 6 heteroatoms. The molecule has 0 saturated carbocycles. The lowest BCUT2D eigenvalue weighted by Gasteiger charge is -2.36. The van der Waals surface area contributed by atoms with Crippen LogP contribution >= 0.6 is 0 Å². The molecule has 1 aliphatic heterocycles. The number of rotatable bonds is 4. The van der Waals surface area contributed by atoms with E-state index in [1.165, 1.54) is 0 Å². The third kappa shape index (κ3) is 3.40.